The van der Waals surface area contributed by atoms with E-state index in [-0.39, 0.29) is 12.2 Å². The molecule has 0 unspecified atom stereocenters. The molecule has 0 amide bonds. The van der Waals surface area contributed by atoms with Gasteiger partial charge in [-0.05, 0) is 18.6 Å². The van der Waals surface area contributed by atoms with E-state index in [1.165, 1.54) is 12.1 Å². The van der Waals surface area contributed by atoms with Gasteiger partial charge < -0.3 is 4.84 Å². The van der Waals surface area contributed by atoms with Crippen molar-refractivity contribution in [1.29, 1.82) is 0 Å². The van der Waals surface area contributed by atoms with Crippen molar-refractivity contribution < 1.29 is 13.6 Å². The highest BCUT2D eigenvalue weighted by Gasteiger charge is 2.07. The number of aryl methyl sites for hydroxylation is 1. The van der Waals surface area contributed by atoms with Gasteiger partial charge in [0.15, 0.2) is 11.6 Å². The summed E-state index contributed by atoms with van der Waals surface area (Å²) in [5.74, 6) is -1.80. The summed E-state index contributed by atoms with van der Waals surface area (Å²) < 4.78 is 26.2. The number of rotatable bonds is 4. The van der Waals surface area contributed by atoms with Crippen LogP contribution in [0.1, 0.15) is 16.7 Å². The van der Waals surface area contributed by atoms with E-state index >= 15 is 0 Å². The Morgan fingerprint density at radius 3 is 2.68 bits per heavy atom. The third kappa shape index (κ3) is 3.37. The van der Waals surface area contributed by atoms with Crippen LogP contribution in [0.25, 0.3) is 0 Å². The third-order valence-electron chi connectivity index (χ3n) is 2.63. The normalized spacial score (nSPS) is 10.9. The van der Waals surface area contributed by atoms with Gasteiger partial charge in [0.25, 0.3) is 0 Å². The van der Waals surface area contributed by atoms with Crippen molar-refractivity contribution in [2.45, 2.75) is 13.5 Å². The molecule has 0 heterocycles. The summed E-state index contributed by atoms with van der Waals surface area (Å²) in [5.41, 5.74) is 1.92. The van der Waals surface area contributed by atoms with E-state index in [4.69, 9.17) is 4.84 Å². The highest BCUT2D eigenvalue weighted by molar-refractivity contribution is 5.81. The maximum absolute atomic E-state index is 13.3. The molecule has 2 aromatic rings. The van der Waals surface area contributed by atoms with Crippen molar-refractivity contribution in [1.82, 2.24) is 0 Å². The number of halogens is 2. The standard InChI is InChI=1S/C15H12F2NO/c1-11-5-2-3-6-12(11)9-18-19-10-13-7-4-8-14(16)15(13)17/h2-8H,10H2,1H3. The summed E-state index contributed by atoms with van der Waals surface area (Å²) in [6, 6.07) is 11.4. The molecular weight excluding hydrogens is 248 g/mol. The molecule has 4 heteroatoms. The first-order valence-corrected chi connectivity index (χ1v) is 5.75. The van der Waals surface area contributed by atoms with Crippen molar-refractivity contribution in [3.05, 3.63) is 70.8 Å². The van der Waals surface area contributed by atoms with Gasteiger partial charge >= 0.3 is 0 Å². The smallest absolute Gasteiger partial charge is 0.165 e. The van der Waals surface area contributed by atoms with Crippen LogP contribution in [0.3, 0.4) is 0 Å². The lowest BCUT2D eigenvalue weighted by Gasteiger charge is -2.02. The maximum Gasteiger partial charge on any atom is 0.165 e. The molecule has 2 aromatic carbocycles. The molecule has 2 rings (SSSR count). The van der Waals surface area contributed by atoms with E-state index in [9.17, 15) is 8.78 Å². The molecule has 0 saturated heterocycles. The zero-order valence-corrected chi connectivity index (χ0v) is 10.4. The highest BCUT2D eigenvalue weighted by Crippen LogP contribution is 2.12. The van der Waals surface area contributed by atoms with Gasteiger partial charge in [-0.25, -0.2) is 8.78 Å². The fourth-order valence-corrected chi connectivity index (χ4v) is 1.54. The summed E-state index contributed by atoms with van der Waals surface area (Å²) >= 11 is 0. The van der Waals surface area contributed by atoms with Crippen molar-refractivity contribution in [2.75, 3.05) is 0 Å². The molecule has 2 nitrogen and oxygen atoms in total. The summed E-state index contributed by atoms with van der Waals surface area (Å²) in [6.07, 6.45) is 2.70. The van der Waals surface area contributed by atoms with Gasteiger partial charge in [-0.1, -0.05) is 41.6 Å². The lowest BCUT2D eigenvalue weighted by molar-refractivity contribution is 0.129. The largest absolute Gasteiger partial charge is 0.390 e. The molecule has 0 N–H and O–H groups in total. The van der Waals surface area contributed by atoms with Gasteiger partial charge in [0.2, 0.25) is 0 Å². The molecule has 0 atom stereocenters. The Bertz CT molecular complexity index is 596. The number of benzene rings is 2. The van der Waals surface area contributed by atoms with Crippen LogP contribution in [-0.2, 0) is 11.4 Å². The van der Waals surface area contributed by atoms with Crippen LogP contribution >= 0.6 is 0 Å². The maximum atomic E-state index is 13.3. The lowest BCUT2D eigenvalue weighted by atomic mass is 10.1. The Morgan fingerprint density at radius 1 is 1.11 bits per heavy atom. The van der Waals surface area contributed by atoms with Crippen LogP contribution in [-0.4, -0.2) is 6.21 Å². The van der Waals surface area contributed by atoms with E-state index in [0.29, 0.717) is 0 Å². The van der Waals surface area contributed by atoms with E-state index in [1.807, 2.05) is 31.2 Å². The zero-order valence-electron chi connectivity index (χ0n) is 10.4. The Labute approximate surface area is 110 Å². The molecule has 0 spiro atoms. The van der Waals surface area contributed by atoms with Gasteiger partial charge in [-0.2, -0.15) is 0 Å². The average Bonchev–Trinajstić information content (AvgIpc) is 2.41. The highest BCUT2D eigenvalue weighted by atomic mass is 19.2. The predicted octanol–water partition coefficient (Wildman–Crippen LogP) is 3.70. The van der Waals surface area contributed by atoms with Crippen LogP contribution in [0, 0.1) is 18.6 Å². The quantitative estimate of drug-likeness (QED) is 0.606. The first-order chi connectivity index (χ1) is 9.18. The monoisotopic (exact) mass is 260 g/mol. The fraction of sp³-hybridized carbons (Fsp3) is 0.133. The third-order valence-corrected chi connectivity index (χ3v) is 2.63. The van der Waals surface area contributed by atoms with Gasteiger partial charge in [-0.3, -0.25) is 0 Å². The molecule has 0 saturated carbocycles. The average molecular weight is 260 g/mol. The molecule has 19 heavy (non-hydrogen) atoms. The van der Waals surface area contributed by atoms with Crippen molar-refractivity contribution in [2.24, 2.45) is 5.16 Å². The molecule has 0 fully saturated rings. The van der Waals surface area contributed by atoms with Gasteiger partial charge in [0.1, 0.15) is 12.8 Å². The number of hydrogen-bond acceptors (Lipinski definition) is 2. The van der Waals surface area contributed by atoms with Crippen molar-refractivity contribution in [3.63, 3.8) is 0 Å². The Morgan fingerprint density at radius 2 is 1.89 bits per heavy atom. The van der Waals surface area contributed by atoms with E-state index in [1.54, 1.807) is 0 Å². The van der Waals surface area contributed by atoms with Gasteiger partial charge in [-0.15, -0.1) is 0 Å². The van der Waals surface area contributed by atoms with Crippen LogP contribution in [0.5, 0.6) is 0 Å². The Hall–Kier alpha value is -2.23. The molecular formula is C15H12F2NO. The minimum Gasteiger partial charge on any atom is -0.390 e. The van der Waals surface area contributed by atoms with Crippen LogP contribution in [0.15, 0.2) is 47.6 Å². The topological polar surface area (TPSA) is 21.6 Å². The molecule has 0 aliphatic rings. The van der Waals surface area contributed by atoms with E-state index < -0.39 is 11.6 Å². The first kappa shape index (κ1) is 13.2. The van der Waals surface area contributed by atoms with Crippen molar-refractivity contribution >= 4 is 6.21 Å². The minimum absolute atomic E-state index is 0.121. The summed E-state index contributed by atoms with van der Waals surface area (Å²) in [4.78, 5) is 4.92. The zero-order chi connectivity index (χ0) is 13.7. The summed E-state index contributed by atoms with van der Waals surface area (Å²) in [6.45, 7) is 1.78. The number of nitrogens with zero attached hydrogens (tertiary/aromatic N) is 1. The van der Waals surface area contributed by atoms with Gasteiger partial charge in [0, 0.05) is 11.1 Å². The Kier molecular flexibility index (Phi) is 4.23. The molecule has 0 aromatic heterocycles. The van der Waals surface area contributed by atoms with Crippen LogP contribution < -0.4 is 0 Å². The molecule has 97 valence electrons. The predicted molar refractivity (Wildman–Crippen MR) is 68.9 cm³/mol. The molecule has 0 bridgehead atoms. The first-order valence-electron chi connectivity index (χ1n) is 5.75. The second-order valence-electron chi connectivity index (χ2n) is 4.00. The molecule has 0 aliphatic heterocycles. The summed E-state index contributed by atoms with van der Waals surface area (Å²) in [5, 5.41) is 3.63. The molecule has 0 aliphatic carbocycles. The van der Waals surface area contributed by atoms with E-state index in [2.05, 4.69) is 11.4 Å². The van der Waals surface area contributed by atoms with Crippen LogP contribution in [0.4, 0.5) is 8.78 Å². The minimum atomic E-state index is -0.909. The lowest BCUT2D eigenvalue weighted by Crippen LogP contribution is -1.95. The van der Waals surface area contributed by atoms with Crippen LogP contribution in [0.2, 0.25) is 0 Å². The fourth-order valence-electron chi connectivity index (χ4n) is 1.54. The SMILES string of the molecule is Cc1ccccc1/[C]=N\OCc1cccc(F)c1F. The summed E-state index contributed by atoms with van der Waals surface area (Å²) in [7, 11) is 0. The second-order valence-corrected chi connectivity index (χ2v) is 4.00. The number of hydrogen-bond donors (Lipinski definition) is 0. The van der Waals surface area contributed by atoms with Crippen molar-refractivity contribution in [3.8, 4) is 0 Å². The Balaban J connectivity index is 1.97. The van der Waals surface area contributed by atoms with E-state index in [0.717, 1.165) is 17.2 Å². The second kappa shape index (κ2) is 6.09. The molecule has 1 radical (unpaired) electrons. The van der Waals surface area contributed by atoms with Gasteiger partial charge in [0.05, 0.1) is 0 Å².